The number of anilines is 1. The lowest BCUT2D eigenvalue weighted by Crippen LogP contribution is -1.86. The highest BCUT2D eigenvalue weighted by molar-refractivity contribution is 9.10. The maximum atomic E-state index is 5.36. The van der Waals surface area contributed by atoms with Gasteiger partial charge in [-0.1, -0.05) is 21.0 Å². The van der Waals surface area contributed by atoms with Crippen LogP contribution in [0.5, 0.6) is 0 Å². The highest BCUT2D eigenvalue weighted by atomic mass is 79.9. The van der Waals surface area contributed by atoms with Gasteiger partial charge in [0.1, 0.15) is 5.01 Å². The lowest BCUT2D eigenvalue weighted by molar-refractivity contribution is 0.522. The van der Waals surface area contributed by atoms with Crippen LogP contribution in [0.1, 0.15) is 10.9 Å². The number of hydrogen-bond acceptors (Lipinski definition) is 6. The van der Waals surface area contributed by atoms with Gasteiger partial charge < -0.3 is 10.2 Å². The summed E-state index contributed by atoms with van der Waals surface area (Å²) in [7, 11) is 0. The number of nitrogens with zero attached hydrogens (tertiary/aromatic N) is 3. The van der Waals surface area contributed by atoms with E-state index in [0.717, 1.165) is 19.7 Å². The molecule has 17 heavy (non-hydrogen) atoms. The van der Waals surface area contributed by atoms with Crippen molar-refractivity contribution < 1.29 is 4.42 Å². The fourth-order valence-corrected chi connectivity index (χ4v) is 3.00. The van der Waals surface area contributed by atoms with E-state index >= 15 is 0 Å². The Balaban J connectivity index is 1.95. The first kappa shape index (κ1) is 10.7. The van der Waals surface area contributed by atoms with Gasteiger partial charge in [0.05, 0.1) is 16.6 Å². The third-order valence-corrected chi connectivity index (χ3v) is 3.69. The van der Waals surface area contributed by atoms with Crippen LogP contribution in [0.15, 0.2) is 27.1 Å². The average molecular weight is 311 g/mol. The van der Waals surface area contributed by atoms with Crippen LogP contribution in [0.2, 0.25) is 0 Å². The van der Waals surface area contributed by atoms with Gasteiger partial charge >= 0.3 is 6.01 Å². The van der Waals surface area contributed by atoms with Crippen molar-refractivity contribution in [3.05, 3.63) is 33.6 Å². The highest BCUT2D eigenvalue weighted by Gasteiger charge is 2.09. The summed E-state index contributed by atoms with van der Waals surface area (Å²) >= 11 is 5.04. The second-order valence-electron chi connectivity index (χ2n) is 3.43. The number of halogens is 1. The first-order valence-corrected chi connectivity index (χ1v) is 6.44. The molecule has 0 saturated carbocycles. The van der Waals surface area contributed by atoms with Crippen LogP contribution < -0.4 is 5.73 Å². The number of rotatable bonds is 2. The normalized spacial score (nSPS) is 11.1. The van der Waals surface area contributed by atoms with Crippen LogP contribution in [-0.2, 0) is 6.42 Å². The van der Waals surface area contributed by atoms with Gasteiger partial charge in [-0.2, -0.15) is 0 Å². The van der Waals surface area contributed by atoms with E-state index in [2.05, 4.69) is 31.1 Å². The second kappa shape index (κ2) is 4.08. The Morgan fingerprint density at radius 3 is 3.00 bits per heavy atom. The maximum absolute atomic E-state index is 5.36. The zero-order valence-electron chi connectivity index (χ0n) is 8.55. The lowest BCUT2D eigenvalue weighted by Gasteiger charge is -1.87. The minimum Gasteiger partial charge on any atom is -0.408 e. The van der Waals surface area contributed by atoms with E-state index in [9.17, 15) is 0 Å². The fraction of sp³-hybridized carbons (Fsp3) is 0.100. The summed E-state index contributed by atoms with van der Waals surface area (Å²) in [5, 5.41) is 8.36. The summed E-state index contributed by atoms with van der Waals surface area (Å²) in [5.41, 5.74) is 6.34. The van der Waals surface area contributed by atoms with Gasteiger partial charge in [0.25, 0.3) is 0 Å². The highest BCUT2D eigenvalue weighted by Crippen LogP contribution is 2.26. The Bertz CT molecular complexity index is 678. The van der Waals surface area contributed by atoms with Crippen LogP contribution in [-0.4, -0.2) is 15.2 Å². The first-order chi connectivity index (χ1) is 8.20. The maximum Gasteiger partial charge on any atom is 0.312 e. The molecule has 0 saturated heterocycles. The van der Waals surface area contributed by atoms with Gasteiger partial charge in [-0.25, -0.2) is 4.98 Å². The molecule has 1 aromatic carbocycles. The summed E-state index contributed by atoms with van der Waals surface area (Å²) in [6, 6.07) is 6.07. The predicted octanol–water partition coefficient (Wildman–Crippen LogP) is 2.61. The average Bonchev–Trinajstić information content (AvgIpc) is 2.84. The van der Waals surface area contributed by atoms with Crippen molar-refractivity contribution in [3.63, 3.8) is 0 Å². The van der Waals surface area contributed by atoms with E-state index in [-0.39, 0.29) is 6.01 Å². The molecule has 0 spiro atoms. The molecular formula is C10H7BrN4OS. The molecule has 0 atom stereocenters. The monoisotopic (exact) mass is 310 g/mol. The van der Waals surface area contributed by atoms with E-state index in [1.807, 2.05) is 18.2 Å². The summed E-state index contributed by atoms with van der Waals surface area (Å²) in [6.45, 7) is 0. The molecule has 0 bridgehead atoms. The molecule has 0 aliphatic carbocycles. The van der Waals surface area contributed by atoms with Crippen LogP contribution in [0.4, 0.5) is 6.01 Å². The number of nitrogen functional groups attached to an aromatic ring is 1. The van der Waals surface area contributed by atoms with E-state index < -0.39 is 0 Å². The SMILES string of the molecule is Nc1nnc(Cc2nc3ccc(Br)cc3s2)o1. The Labute approximate surface area is 109 Å². The minimum absolute atomic E-state index is 0.0869. The second-order valence-corrected chi connectivity index (χ2v) is 5.46. The van der Waals surface area contributed by atoms with Crippen molar-refractivity contribution in [2.75, 3.05) is 5.73 Å². The number of fused-ring (bicyclic) bond motifs is 1. The molecule has 3 rings (SSSR count). The predicted molar refractivity (Wildman–Crippen MR) is 68.8 cm³/mol. The summed E-state index contributed by atoms with van der Waals surface area (Å²) < 4.78 is 7.29. The molecule has 7 heteroatoms. The molecule has 86 valence electrons. The van der Waals surface area contributed by atoms with Crippen LogP contribution in [0.3, 0.4) is 0 Å². The Morgan fingerprint density at radius 1 is 1.35 bits per heavy atom. The van der Waals surface area contributed by atoms with Crippen molar-refractivity contribution in [1.29, 1.82) is 0 Å². The Kier molecular flexibility index (Phi) is 2.56. The molecule has 0 amide bonds. The van der Waals surface area contributed by atoms with Crippen molar-refractivity contribution >= 4 is 43.5 Å². The molecule has 0 unspecified atom stereocenters. The molecular weight excluding hydrogens is 304 g/mol. The van der Waals surface area contributed by atoms with Crippen molar-refractivity contribution in [1.82, 2.24) is 15.2 Å². The summed E-state index contributed by atoms with van der Waals surface area (Å²) in [5.74, 6) is 0.487. The van der Waals surface area contributed by atoms with Crippen LogP contribution in [0.25, 0.3) is 10.2 Å². The topological polar surface area (TPSA) is 77.8 Å². The van der Waals surface area contributed by atoms with Crippen molar-refractivity contribution in [2.45, 2.75) is 6.42 Å². The van der Waals surface area contributed by atoms with Crippen LogP contribution >= 0.6 is 27.3 Å². The molecule has 2 aromatic heterocycles. The molecule has 0 radical (unpaired) electrons. The zero-order valence-corrected chi connectivity index (χ0v) is 11.0. The van der Waals surface area contributed by atoms with Crippen molar-refractivity contribution in [2.24, 2.45) is 0 Å². The summed E-state index contributed by atoms with van der Waals surface area (Å²) in [4.78, 5) is 4.49. The molecule has 0 aliphatic rings. The van der Waals surface area contributed by atoms with E-state index in [0.29, 0.717) is 12.3 Å². The van der Waals surface area contributed by atoms with Gasteiger partial charge in [0.2, 0.25) is 5.89 Å². The summed E-state index contributed by atoms with van der Waals surface area (Å²) in [6.07, 6.45) is 0.515. The molecule has 5 nitrogen and oxygen atoms in total. The molecule has 2 N–H and O–H groups in total. The number of benzene rings is 1. The number of aromatic nitrogens is 3. The third-order valence-electron chi connectivity index (χ3n) is 2.18. The molecule has 0 aliphatic heterocycles. The molecule has 2 heterocycles. The standard InChI is InChI=1S/C10H7BrN4OS/c11-5-1-2-6-7(3-5)17-9(13-6)4-8-14-15-10(12)16-8/h1-3H,4H2,(H2,12,15). The minimum atomic E-state index is 0.0869. The number of nitrogens with two attached hydrogens (primary N) is 1. The van der Waals surface area contributed by atoms with Gasteiger partial charge in [0.15, 0.2) is 0 Å². The Hall–Kier alpha value is -1.47. The Morgan fingerprint density at radius 2 is 2.24 bits per heavy atom. The first-order valence-electron chi connectivity index (χ1n) is 4.83. The number of thiazole rings is 1. The van der Waals surface area contributed by atoms with E-state index in [1.165, 1.54) is 0 Å². The van der Waals surface area contributed by atoms with E-state index in [4.69, 9.17) is 10.2 Å². The van der Waals surface area contributed by atoms with E-state index in [1.54, 1.807) is 11.3 Å². The lowest BCUT2D eigenvalue weighted by atomic mass is 10.3. The molecule has 0 fully saturated rings. The number of hydrogen-bond donors (Lipinski definition) is 1. The third kappa shape index (κ3) is 2.16. The van der Waals surface area contributed by atoms with Gasteiger partial charge in [-0.15, -0.1) is 16.4 Å². The fourth-order valence-electron chi connectivity index (χ4n) is 1.49. The van der Waals surface area contributed by atoms with Crippen molar-refractivity contribution in [3.8, 4) is 0 Å². The van der Waals surface area contributed by atoms with Crippen LogP contribution in [0, 0.1) is 0 Å². The zero-order chi connectivity index (χ0) is 11.8. The van der Waals surface area contributed by atoms with Gasteiger partial charge in [0, 0.05) is 4.47 Å². The largest absolute Gasteiger partial charge is 0.408 e. The van der Waals surface area contributed by atoms with Gasteiger partial charge in [-0.3, -0.25) is 0 Å². The van der Waals surface area contributed by atoms with Gasteiger partial charge in [-0.05, 0) is 18.2 Å². The molecule has 3 aromatic rings. The quantitative estimate of drug-likeness (QED) is 0.787. The smallest absolute Gasteiger partial charge is 0.312 e.